The van der Waals surface area contributed by atoms with Crippen LogP contribution >= 0.6 is 0 Å². The molecule has 3 aromatic carbocycles. The molecule has 0 aliphatic carbocycles. The molecule has 0 saturated carbocycles. The van der Waals surface area contributed by atoms with Crippen LogP contribution in [-0.2, 0) is 21.7 Å². The van der Waals surface area contributed by atoms with E-state index in [1.54, 1.807) is 0 Å². The molecule has 0 N–H and O–H groups in total. The Hall–Kier alpha value is -2.62. The minimum atomic E-state index is -0.340. The van der Waals surface area contributed by atoms with Gasteiger partial charge in [0.1, 0.15) is 12.4 Å². The monoisotopic (exact) mass is 388 g/mol. The maximum atomic E-state index is 6.30. The summed E-state index contributed by atoms with van der Waals surface area (Å²) in [6.45, 7) is 6.38. The SMILES string of the molecule is C=CCOC1(c2cccc(OCc3ccc4ccccc4c3)c2)CCCOCC1. The largest absolute Gasteiger partial charge is 0.489 e. The maximum Gasteiger partial charge on any atom is 0.120 e. The van der Waals surface area contributed by atoms with Gasteiger partial charge >= 0.3 is 0 Å². The second-order valence-electron chi connectivity index (χ2n) is 7.56. The van der Waals surface area contributed by atoms with Crippen LogP contribution in [0.2, 0.25) is 0 Å². The molecule has 1 heterocycles. The van der Waals surface area contributed by atoms with Crippen LogP contribution < -0.4 is 4.74 Å². The number of hydrogen-bond acceptors (Lipinski definition) is 3. The Bertz CT molecular complexity index is 955. The quantitative estimate of drug-likeness (QED) is 0.463. The number of benzene rings is 3. The van der Waals surface area contributed by atoms with Crippen molar-refractivity contribution >= 4 is 10.8 Å². The zero-order valence-corrected chi connectivity index (χ0v) is 16.8. The van der Waals surface area contributed by atoms with E-state index >= 15 is 0 Å². The van der Waals surface area contributed by atoms with Crippen LogP contribution in [0.15, 0.2) is 79.4 Å². The van der Waals surface area contributed by atoms with Crippen molar-refractivity contribution in [1.82, 2.24) is 0 Å². The Labute approximate surface area is 172 Å². The molecule has 1 saturated heterocycles. The summed E-state index contributed by atoms with van der Waals surface area (Å²) in [5.74, 6) is 0.863. The van der Waals surface area contributed by atoms with E-state index in [1.165, 1.54) is 10.8 Å². The molecule has 3 nitrogen and oxygen atoms in total. The molecule has 0 aromatic heterocycles. The fourth-order valence-corrected chi connectivity index (χ4v) is 4.02. The molecule has 3 aromatic rings. The standard InChI is InChI=1S/C26H28O3/c1-2-15-29-26(13-6-16-27-17-14-26)24-9-5-10-25(19-24)28-20-21-11-12-22-7-3-4-8-23(22)18-21/h2-5,7-12,18-19H,1,6,13-17,20H2. The first-order valence-corrected chi connectivity index (χ1v) is 10.3. The van der Waals surface area contributed by atoms with E-state index in [-0.39, 0.29) is 5.60 Å². The van der Waals surface area contributed by atoms with Crippen LogP contribution in [0.4, 0.5) is 0 Å². The van der Waals surface area contributed by atoms with E-state index in [4.69, 9.17) is 14.2 Å². The molecule has 0 bridgehead atoms. The number of hydrogen-bond donors (Lipinski definition) is 0. The number of ether oxygens (including phenoxy) is 3. The number of rotatable bonds is 7. The molecular weight excluding hydrogens is 360 g/mol. The van der Waals surface area contributed by atoms with Gasteiger partial charge in [-0.1, -0.05) is 54.6 Å². The summed E-state index contributed by atoms with van der Waals surface area (Å²) in [6, 6.07) is 23.2. The van der Waals surface area contributed by atoms with Gasteiger partial charge in [0.25, 0.3) is 0 Å². The highest BCUT2D eigenvalue weighted by Crippen LogP contribution is 2.38. The first kappa shape index (κ1) is 19.7. The summed E-state index contributed by atoms with van der Waals surface area (Å²) < 4.78 is 18.1. The smallest absolute Gasteiger partial charge is 0.120 e. The Morgan fingerprint density at radius 2 is 1.83 bits per heavy atom. The minimum Gasteiger partial charge on any atom is -0.489 e. The zero-order chi connectivity index (χ0) is 19.9. The molecule has 1 aliphatic heterocycles. The van der Waals surface area contributed by atoms with Gasteiger partial charge < -0.3 is 14.2 Å². The van der Waals surface area contributed by atoms with Gasteiger partial charge in [0.15, 0.2) is 0 Å². The fraction of sp³-hybridized carbons (Fsp3) is 0.308. The summed E-state index contributed by atoms with van der Waals surface area (Å²) in [7, 11) is 0. The third-order valence-electron chi connectivity index (χ3n) is 5.58. The van der Waals surface area contributed by atoms with Crippen molar-refractivity contribution in [1.29, 1.82) is 0 Å². The molecule has 1 unspecified atom stereocenters. The maximum absolute atomic E-state index is 6.30. The Morgan fingerprint density at radius 3 is 2.72 bits per heavy atom. The summed E-state index contributed by atoms with van der Waals surface area (Å²) in [4.78, 5) is 0. The zero-order valence-electron chi connectivity index (χ0n) is 16.8. The van der Waals surface area contributed by atoms with Crippen molar-refractivity contribution in [2.24, 2.45) is 0 Å². The first-order chi connectivity index (χ1) is 14.3. The molecule has 150 valence electrons. The summed E-state index contributed by atoms with van der Waals surface area (Å²) >= 11 is 0. The average molecular weight is 389 g/mol. The predicted molar refractivity (Wildman–Crippen MR) is 117 cm³/mol. The Kier molecular flexibility index (Phi) is 6.28. The van der Waals surface area contributed by atoms with Crippen molar-refractivity contribution in [3.05, 3.63) is 90.5 Å². The molecule has 0 radical (unpaired) electrons. The first-order valence-electron chi connectivity index (χ1n) is 10.3. The Morgan fingerprint density at radius 1 is 0.931 bits per heavy atom. The second kappa shape index (κ2) is 9.25. The van der Waals surface area contributed by atoms with Gasteiger partial charge in [-0.25, -0.2) is 0 Å². The molecule has 1 fully saturated rings. The van der Waals surface area contributed by atoms with E-state index in [0.29, 0.717) is 19.8 Å². The lowest BCUT2D eigenvalue weighted by molar-refractivity contribution is -0.0507. The summed E-state index contributed by atoms with van der Waals surface area (Å²) in [5, 5.41) is 2.48. The highest BCUT2D eigenvalue weighted by atomic mass is 16.5. The summed E-state index contributed by atoms with van der Waals surface area (Å²) in [5.41, 5.74) is 1.97. The minimum absolute atomic E-state index is 0.340. The highest BCUT2D eigenvalue weighted by molar-refractivity contribution is 5.82. The average Bonchev–Trinajstić information content (AvgIpc) is 3.03. The van der Waals surface area contributed by atoms with E-state index in [9.17, 15) is 0 Å². The van der Waals surface area contributed by atoms with Crippen LogP contribution in [0.3, 0.4) is 0 Å². The van der Waals surface area contributed by atoms with Crippen LogP contribution in [0.5, 0.6) is 5.75 Å². The van der Waals surface area contributed by atoms with Crippen molar-refractivity contribution in [2.45, 2.75) is 31.5 Å². The molecule has 1 aliphatic rings. The van der Waals surface area contributed by atoms with E-state index in [0.717, 1.165) is 42.7 Å². The van der Waals surface area contributed by atoms with Crippen LogP contribution in [0, 0.1) is 0 Å². The highest BCUT2D eigenvalue weighted by Gasteiger charge is 2.34. The van der Waals surface area contributed by atoms with E-state index < -0.39 is 0 Å². The van der Waals surface area contributed by atoms with Gasteiger partial charge in [-0.3, -0.25) is 0 Å². The third kappa shape index (κ3) is 4.69. The molecule has 0 amide bonds. The molecule has 4 rings (SSSR count). The van der Waals surface area contributed by atoms with Crippen LogP contribution in [0.1, 0.15) is 30.4 Å². The van der Waals surface area contributed by atoms with Crippen LogP contribution in [-0.4, -0.2) is 19.8 Å². The molecule has 29 heavy (non-hydrogen) atoms. The lowest BCUT2D eigenvalue weighted by Crippen LogP contribution is -2.30. The molecule has 3 heteroatoms. The van der Waals surface area contributed by atoms with Gasteiger partial charge in [0.05, 0.1) is 12.2 Å². The molecule has 1 atom stereocenters. The van der Waals surface area contributed by atoms with Gasteiger partial charge in [-0.05, 0) is 52.9 Å². The molecule has 0 spiro atoms. The van der Waals surface area contributed by atoms with Gasteiger partial charge in [-0.2, -0.15) is 0 Å². The number of fused-ring (bicyclic) bond motifs is 1. The van der Waals surface area contributed by atoms with E-state index in [1.807, 2.05) is 12.1 Å². The lowest BCUT2D eigenvalue weighted by atomic mass is 9.86. The van der Waals surface area contributed by atoms with Crippen molar-refractivity contribution in [3.63, 3.8) is 0 Å². The lowest BCUT2D eigenvalue weighted by Gasteiger charge is -2.33. The predicted octanol–water partition coefficient (Wildman–Crippen LogP) is 6.02. The summed E-state index contributed by atoms with van der Waals surface area (Å²) in [6.07, 6.45) is 4.58. The van der Waals surface area contributed by atoms with Gasteiger partial charge in [0.2, 0.25) is 0 Å². The molecular formula is C26H28O3. The van der Waals surface area contributed by atoms with Crippen molar-refractivity contribution in [3.8, 4) is 5.75 Å². The third-order valence-corrected chi connectivity index (χ3v) is 5.58. The second-order valence-corrected chi connectivity index (χ2v) is 7.56. The fourth-order valence-electron chi connectivity index (χ4n) is 4.02. The van der Waals surface area contributed by atoms with Crippen LogP contribution in [0.25, 0.3) is 10.8 Å². The van der Waals surface area contributed by atoms with Gasteiger partial charge in [0, 0.05) is 19.6 Å². The van der Waals surface area contributed by atoms with Gasteiger partial charge in [-0.15, -0.1) is 6.58 Å². The normalized spacial score (nSPS) is 19.6. The van der Waals surface area contributed by atoms with E-state index in [2.05, 4.69) is 67.2 Å². The van der Waals surface area contributed by atoms with Crippen molar-refractivity contribution in [2.75, 3.05) is 19.8 Å². The van der Waals surface area contributed by atoms with Crippen molar-refractivity contribution < 1.29 is 14.2 Å². The topological polar surface area (TPSA) is 27.7 Å². The Balaban J connectivity index is 1.52.